The summed E-state index contributed by atoms with van der Waals surface area (Å²) < 4.78 is 0. The average molecular weight is 217 g/mol. The summed E-state index contributed by atoms with van der Waals surface area (Å²) in [5, 5.41) is 3.64. The zero-order chi connectivity index (χ0) is 11.4. The smallest absolute Gasteiger partial charge is 0.0325 e. The van der Waals surface area contributed by atoms with Crippen molar-refractivity contribution in [1.82, 2.24) is 5.32 Å². The summed E-state index contributed by atoms with van der Waals surface area (Å²) in [6.45, 7) is 5.48. The Morgan fingerprint density at radius 2 is 2.06 bits per heavy atom. The number of hydrogen-bond donors (Lipinski definition) is 1. The first kappa shape index (κ1) is 11.7. The van der Waals surface area contributed by atoms with Crippen LogP contribution >= 0.6 is 0 Å². The van der Waals surface area contributed by atoms with Gasteiger partial charge in [-0.05, 0) is 36.9 Å². The van der Waals surface area contributed by atoms with Crippen molar-refractivity contribution in [2.24, 2.45) is 5.92 Å². The van der Waals surface area contributed by atoms with Crippen molar-refractivity contribution >= 4 is 0 Å². The van der Waals surface area contributed by atoms with E-state index in [1.807, 2.05) is 0 Å². The summed E-state index contributed by atoms with van der Waals surface area (Å²) >= 11 is 0. The van der Waals surface area contributed by atoms with Gasteiger partial charge in [-0.2, -0.15) is 0 Å². The summed E-state index contributed by atoms with van der Waals surface area (Å²) in [5.41, 5.74) is 2.92. The number of benzene rings is 1. The van der Waals surface area contributed by atoms with Gasteiger partial charge in [-0.25, -0.2) is 0 Å². The molecule has 1 atom stereocenters. The molecule has 1 unspecified atom stereocenters. The van der Waals surface area contributed by atoms with Crippen molar-refractivity contribution in [2.75, 3.05) is 6.54 Å². The fraction of sp³-hybridized carbons (Fsp3) is 0.600. The molecule has 16 heavy (non-hydrogen) atoms. The molecular formula is C15H23N. The molecule has 88 valence electrons. The summed E-state index contributed by atoms with van der Waals surface area (Å²) in [5.74, 6) is 0.962. The lowest BCUT2D eigenvalue weighted by molar-refractivity contribution is 0.262. The van der Waals surface area contributed by atoms with Crippen molar-refractivity contribution < 1.29 is 0 Å². The molecule has 0 heterocycles. The van der Waals surface area contributed by atoms with Crippen LogP contribution in [0.5, 0.6) is 0 Å². The molecule has 1 aromatic rings. The lowest BCUT2D eigenvalue weighted by Gasteiger charge is -2.31. The van der Waals surface area contributed by atoms with Crippen molar-refractivity contribution in [1.29, 1.82) is 0 Å². The van der Waals surface area contributed by atoms with Gasteiger partial charge in [0.05, 0.1) is 0 Å². The van der Waals surface area contributed by atoms with Crippen molar-refractivity contribution in [2.45, 2.75) is 45.6 Å². The van der Waals surface area contributed by atoms with E-state index < -0.39 is 0 Å². The van der Waals surface area contributed by atoms with Gasteiger partial charge in [0.1, 0.15) is 0 Å². The summed E-state index contributed by atoms with van der Waals surface area (Å²) in [6, 6.07) is 9.36. The molecule has 0 amide bonds. The molecule has 1 aliphatic rings. The van der Waals surface area contributed by atoms with Gasteiger partial charge in [-0.3, -0.25) is 0 Å². The minimum Gasteiger partial charge on any atom is -0.310 e. The number of aryl methyl sites for hydroxylation is 1. The molecule has 2 rings (SSSR count). The van der Waals surface area contributed by atoms with Crippen LogP contribution in [0.4, 0.5) is 0 Å². The predicted octanol–water partition coefficient (Wildman–Crippen LogP) is 3.84. The highest BCUT2D eigenvalue weighted by Crippen LogP contribution is 2.35. The maximum absolute atomic E-state index is 3.64. The van der Waals surface area contributed by atoms with E-state index >= 15 is 0 Å². The molecule has 0 saturated heterocycles. The first-order valence-corrected chi connectivity index (χ1v) is 6.60. The van der Waals surface area contributed by atoms with Crippen LogP contribution in [-0.2, 0) is 0 Å². The number of hydrogen-bond acceptors (Lipinski definition) is 1. The summed E-state index contributed by atoms with van der Waals surface area (Å²) in [6.07, 6.45) is 5.64. The van der Waals surface area contributed by atoms with E-state index in [0.29, 0.717) is 6.04 Å². The van der Waals surface area contributed by atoms with Crippen molar-refractivity contribution in [3.05, 3.63) is 35.4 Å². The minimum atomic E-state index is 0.566. The molecule has 1 saturated carbocycles. The van der Waals surface area contributed by atoms with E-state index in [1.165, 1.54) is 36.8 Å². The SMILES string of the molecule is CCNC(CC1CCC1)c1ccccc1C. The van der Waals surface area contributed by atoms with Crippen LogP contribution in [0.3, 0.4) is 0 Å². The Morgan fingerprint density at radius 3 is 2.62 bits per heavy atom. The second-order valence-corrected chi connectivity index (χ2v) is 5.00. The maximum Gasteiger partial charge on any atom is 0.0325 e. The molecule has 0 aliphatic heterocycles. The molecule has 1 heteroatoms. The van der Waals surface area contributed by atoms with Crippen LogP contribution in [0.1, 0.15) is 49.8 Å². The Hall–Kier alpha value is -0.820. The Labute approximate surface area is 99.3 Å². The van der Waals surface area contributed by atoms with Gasteiger partial charge < -0.3 is 5.32 Å². The quantitative estimate of drug-likeness (QED) is 0.790. The van der Waals surface area contributed by atoms with Crippen LogP contribution in [-0.4, -0.2) is 6.54 Å². The topological polar surface area (TPSA) is 12.0 Å². The van der Waals surface area contributed by atoms with Crippen LogP contribution in [0.15, 0.2) is 24.3 Å². The Bertz CT molecular complexity index is 328. The second kappa shape index (κ2) is 5.49. The van der Waals surface area contributed by atoms with Gasteiger partial charge in [0.25, 0.3) is 0 Å². The van der Waals surface area contributed by atoms with E-state index in [1.54, 1.807) is 0 Å². The van der Waals surface area contributed by atoms with Crippen LogP contribution in [0.25, 0.3) is 0 Å². The Morgan fingerprint density at radius 1 is 1.31 bits per heavy atom. The largest absolute Gasteiger partial charge is 0.310 e. The van der Waals surface area contributed by atoms with Gasteiger partial charge in [-0.1, -0.05) is 50.5 Å². The van der Waals surface area contributed by atoms with Gasteiger partial charge in [-0.15, -0.1) is 0 Å². The first-order valence-electron chi connectivity index (χ1n) is 6.60. The van der Waals surface area contributed by atoms with E-state index in [-0.39, 0.29) is 0 Å². The van der Waals surface area contributed by atoms with E-state index in [4.69, 9.17) is 0 Å². The monoisotopic (exact) mass is 217 g/mol. The molecule has 1 nitrogen and oxygen atoms in total. The molecule has 0 radical (unpaired) electrons. The van der Waals surface area contributed by atoms with Gasteiger partial charge in [0, 0.05) is 6.04 Å². The lowest BCUT2D eigenvalue weighted by atomic mass is 9.79. The first-order chi connectivity index (χ1) is 7.81. The highest BCUT2D eigenvalue weighted by atomic mass is 14.9. The third kappa shape index (κ3) is 2.65. The number of rotatable bonds is 5. The standard InChI is InChI=1S/C15H23N/c1-3-16-15(11-13-8-6-9-13)14-10-5-4-7-12(14)2/h4-5,7,10,13,15-16H,3,6,8-9,11H2,1-2H3. The molecule has 1 N–H and O–H groups in total. The van der Waals surface area contributed by atoms with Crippen LogP contribution < -0.4 is 5.32 Å². The molecule has 1 fully saturated rings. The second-order valence-electron chi connectivity index (χ2n) is 5.00. The van der Waals surface area contributed by atoms with Gasteiger partial charge in [0.2, 0.25) is 0 Å². The lowest BCUT2D eigenvalue weighted by Crippen LogP contribution is -2.26. The summed E-state index contributed by atoms with van der Waals surface area (Å²) in [7, 11) is 0. The molecule has 0 bridgehead atoms. The predicted molar refractivity (Wildman–Crippen MR) is 69.6 cm³/mol. The third-order valence-corrected chi connectivity index (χ3v) is 3.81. The minimum absolute atomic E-state index is 0.566. The average Bonchev–Trinajstić information content (AvgIpc) is 2.23. The summed E-state index contributed by atoms with van der Waals surface area (Å²) in [4.78, 5) is 0. The molecule has 0 aromatic heterocycles. The van der Waals surface area contributed by atoms with E-state index in [9.17, 15) is 0 Å². The van der Waals surface area contributed by atoms with Crippen molar-refractivity contribution in [3.8, 4) is 0 Å². The zero-order valence-electron chi connectivity index (χ0n) is 10.5. The Balaban J connectivity index is 2.08. The van der Waals surface area contributed by atoms with Gasteiger partial charge >= 0.3 is 0 Å². The van der Waals surface area contributed by atoms with E-state index in [0.717, 1.165) is 12.5 Å². The van der Waals surface area contributed by atoms with Gasteiger partial charge in [0.15, 0.2) is 0 Å². The maximum atomic E-state index is 3.64. The molecular weight excluding hydrogens is 194 g/mol. The Kier molecular flexibility index (Phi) is 4.00. The zero-order valence-corrected chi connectivity index (χ0v) is 10.5. The highest BCUT2D eigenvalue weighted by molar-refractivity contribution is 5.28. The van der Waals surface area contributed by atoms with Crippen LogP contribution in [0.2, 0.25) is 0 Å². The van der Waals surface area contributed by atoms with E-state index in [2.05, 4.69) is 43.4 Å². The highest BCUT2D eigenvalue weighted by Gasteiger charge is 2.23. The third-order valence-electron chi connectivity index (χ3n) is 3.81. The number of nitrogens with one attached hydrogen (secondary N) is 1. The van der Waals surface area contributed by atoms with Crippen molar-refractivity contribution in [3.63, 3.8) is 0 Å². The molecule has 1 aromatic carbocycles. The fourth-order valence-corrected chi connectivity index (χ4v) is 2.61. The fourth-order valence-electron chi connectivity index (χ4n) is 2.61. The molecule has 0 spiro atoms. The van der Waals surface area contributed by atoms with Crippen LogP contribution in [0, 0.1) is 12.8 Å². The molecule has 1 aliphatic carbocycles. The normalized spacial score (nSPS) is 18.1.